The van der Waals surface area contributed by atoms with Gasteiger partial charge in [0.2, 0.25) is 0 Å². The zero-order valence-corrected chi connectivity index (χ0v) is 18.5. The van der Waals surface area contributed by atoms with Gasteiger partial charge >= 0.3 is 5.97 Å². The van der Waals surface area contributed by atoms with Crippen LogP contribution in [0.15, 0.2) is 48.5 Å². The molecule has 0 amide bonds. The van der Waals surface area contributed by atoms with Crippen molar-refractivity contribution in [1.82, 2.24) is 4.98 Å². The minimum Gasteiger partial charge on any atom is -0.478 e. The van der Waals surface area contributed by atoms with Crippen LogP contribution in [0.25, 0.3) is 22.6 Å². The lowest BCUT2D eigenvalue weighted by atomic mass is 9.67. The molecule has 0 saturated carbocycles. The summed E-state index contributed by atoms with van der Waals surface area (Å²) in [4.78, 5) is 28.4. The number of benzene rings is 2. The predicted molar refractivity (Wildman–Crippen MR) is 126 cm³/mol. The first kappa shape index (κ1) is 21.7. The van der Waals surface area contributed by atoms with Crippen LogP contribution in [-0.2, 0) is 6.42 Å². The monoisotopic (exact) mass is 430 g/mol. The van der Waals surface area contributed by atoms with Crippen molar-refractivity contribution in [3.05, 3.63) is 81.0 Å². The molecule has 1 N–H and O–H groups in total. The number of aromatic nitrogens is 1. The molecule has 2 aromatic carbocycles. The number of pyridine rings is 1. The van der Waals surface area contributed by atoms with E-state index < -0.39 is 5.97 Å². The zero-order chi connectivity index (χ0) is 23.0. The average Bonchev–Trinajstić information content (AvgIpc) is 2.77. The van der Waals surface area contributed by atoms with Crippen LogP contribution in [0.5, 0.6) is 0 Å². The van der Waals surface area contributed by atoms with Gasteiger partial charge in [0.05, 0.1) is 27.3 Å². The third kappa shape index (κ3) is 3.77. The third-order valence-corrected chi connectivity index (χ3v) is 6.91. The SMILES string of the molecule is CCC(C)(C)C1C/C(=C/c2ccccc2[N+](=O)[O-])c2nc3ccccc3c(C(=O)O)c2C1. The van der Waals surface area contributed by atoms with Gasteiger partial charge in [0.25, 0.3) is 5.69 Å². The molecular weight excluding hydrogens is 404 g/mol. The normalized spacial score (nSPS) is 17.3. The number of nitro groups is 1. The van der Waals surface area contributed by atoms with E-state index in [9.17, 15) is 20.0 Å². The number of nitro benzene ring substituents is 1. The molecule has 0 saturated heterocycles. The number of rotatable bonds is 5. The number of para-hydroxylation sites is 2. The molecule has 0 radical (unpaired) electrons. The number of hydrogen-bond acceptors (Lipinski definition) is 4. The van der Waals surface area contributed by atoms with E-state index in [1.54, 1.807) is 24.3 Å². The molecule has 4 rings (SSSR count). The highest BCUT2D eigenvalue weighted by Gasteiger charge is 2.36. The van der Waals surface area contributed by atoms with Gasteiger partial charge in [-0.3, -0.25) is 10.1 Å². The molecule has 1 atom stereocenters. The standard InChI is InChI=1S/C26H26N2O4/c1-4-26(2,3)18-14-17(13-16-9-5-8-12-22(16)28(31)32)24-20(15-18)23(25(29)30)19-10-6-7-11-21(19)27-24/h5-13,18H,4,14-15H2,1-3H3,(H,29,30)/b17-13-. The minimum atomic E-state index is -0.972. The summed E-state index contributed by atoms with van der Waals surface area (Å²) in [6.45, 7) is 6.53. The molecule has 1 aromatic heterocycles. The van der Waals surface area contributed by atoms with Crippen LogP contribution in [0.3, 0.4) is 0 Å². The highest BCUT2D eigenvalue weighted by molar-refractivity contribution is 6.06. The van der Waals surface area contributed by atoms with Crippen LogP contribution in [0, 0.1) is 21.4 Å². The summed E-state index contributed by atoms with van der Waals surface area (Å²) < 4.78 is 0. The van der Waals surface area contributed by atoms with E-state index in [-0.39, 0.29) is 27.5 Å². The number of aromatic carboxylic acids is 1. The van der Waals surface area contributed by atoms with Gasteiger partial charge < -0.3 is 5.11 Å². The Bertz CT molecular complexity index is 1260. The van der Waals surface area contributed by atoms with Gasteiger partial charge in [-0.2, -0.15) is 0 Å². The van der Waals surface area contributed by atoms with E-state index in [0.29, 0.717) is 35.0 Å². The molecule has 0 fully saturated rings. The number of carboxylic acids is 1. The van der Waals surface area contributed by atoms with Gasteiger partial charge in [-0.1, -0.05) is 57.5 Å². The number of carbonyl (C=O) groups is 1. The van der Waals surface area contributed by atoms with E-state index in [1.165, 1.54) is 6.07 Å². The van der Waals surface area contributed by atoms with Crippen LogP contribution in [0.1, 0.15) is 60.8 Å². The summed E-state index contributed by atoms with van der Waals surface area (Å²) in [5, 5.41) is 22.3. The topological polar surface area (TPSA) is 93.3 Å². The highest BCUT2D eigenvalue weighted by Crippen LogP contribution is 2.46. The van der Waals surface area contributed by atoms with Crippen LogP contribution < -0.4 is 0 Å². The number of hydrogen-bond donors (Lipinski definition) is 1. The second kappa shape index (κ2) is 8.19. The van der Waals surface area contributed by atoms with Gasteiger partial charge in [-0.05, 0) is 53.5 Å². The lowest BCUT2D eigenvalue weighted by molar-refractivity contribution is -0.385. The molecule has 164 valence electrons. The maximum absolute atomic E-state index is 12.4. The van der Waals surface area contributed by atoms with Crippen molar-refractivity contribution in [3.63, 3.8) is 0 Å². The van der Waals surface area contributed by atoms with Crippen LogP contribution in [0.4, 0.5) is 5.69 Å². The average molecular weight is 431 g/mol. The van der Waals surface area contributed by atoms with E-state index in [4.69, 9.17) is 4.98 Å². The zero-order valence-electron chi connectivity index (χ0n) is 18.5. The molecule has 1 aliphatic carbocycles. The Morgan fingerprint density at radius 3 is 2.56 bits per heavy atom. The van der Waals surface area contributed by atoms with Crippen molar-refractivity contribution < 1.29 is 14.8 Å². The molecule has 1 heterocycles. The smallest absolute Gasteiger partial charge is 0.336 e. The Hall–Kier alpha value is -3.54. The second-order valence-electron chi connectivity index (χ2n) is 9.07. The summed E-state index contributed by atoms with van der Waals surface area (Å²) in [6, 6.07) is 13.9. The fourth-order valence-corrected chi connectivity index (χ4v) is 4.57. The summed E-state index contributed by atoms with van der Waals surface area (Å²) in [5.41, 5.74) is 3.61. The molecular formula is C26H26N2O4. The summed E-state index contributed by atoms with van der Waals surface area (Å²) in [7, 11) is 0. The van der Waals surface area contributed by atoms with Gasteiger partial charge in [0.1, 0.15) is 0 Å². The quantitative estimate of drug-likeness (QED) is 0.374. The highest BCUT2D eigenvalue weighted by atomic mass is 16.6. The van der Waals surface area contributed by atoms with Crippen molar-refractivity contribution in [2.24, 2.45) is 11.3 Å². The van der Waals surface area contributed by atoms with Crippen molar-refractivity contribution in [3.8, 4) is 0 Å². The first-order valence-electron chi connectivity index (χ1n) is 10.8. The minimum absolute atomic E-state index is 0.0256. The predicted octanol–water partition coefficient (Wildman–Crippen LogP) is 6.38. The Morgan fingerprint density at radius 1 is 1.19 bits per heavy atom. The van der Waals surface area contributed by atoms with Crippen molar-refractivity contribution in [2.75, 3.05) is 0 Å². The van der Waals surface area contributed by atoms with E-state index in [0.717, 1.165) is 17.6 Å². The molecule has 0 spiro atoms. The van der Waals surface area contributed by atoms with E-state index >= 15 is 0 Å². The molecule has 6 nitrogen and oxygen atoms in total. The summed E-state index contributed by atoms with van der Waals surface area (Å²) in [5.74, 6) is -0.782. The Balaban J connectivity index is 2.02. The van der Waals surface area contributed by atoms with E-state index in [2.05, 4.69) is 20.8 Å². The first-order valence-corrected chi connectivity index (χ1v) is 10.8. The Kier molecular flexibility index (Phi) is 5.55. The van der Waals surface area contributed by atoms with Crippen LogP contribution >= 0.6 is 0 Å². The van der Waals surface area contributed by atoms with Gasteiger partial charge in [-0.15, -0.1) is 0 Å². The number of carboxylic acid groups (broad SMARTS) is 1. The molecule has 0 aliphatic heterocycles. The van der Waals surface area contributed by atoms with E-state index in [1.807, 2.05) is 24.3 Å². The molecule has 1 unspecified atom stereocenters. The molecule has 0 bridgehead atoms. The molecule has 1 aliphatic rings. The summed E-state index contributed by atoms with van der Waals surface area (Å²) in [6.07, 6.45) is 4.06. The fourth-order valence-electron chi connectivity index (χ4n) is 4.57. The third-order valence-electron chi connectivity index (χ3n) is 6.91. The Labute approximate surface area is 186 Å². The van der Waals surface area contributed by atoms with Gasteiger partial charge in [0.15, 0.2) is 0 Å². The Morgan fingerprint density at radius 2 is 1.88 bits per heavy atom. The number of fused-ring (bicyclic) bond motifs is 2. The fraction of sp³-hybridized carbons (Fsp3) is 0.308. The van der Waals surface area contributed by atoms with Crippen LogP contribution in [-0.4, -0.2) is 21.0 Å². The lowest BCUT2D eigenvalue weighted by Crippen LogP contribution is -2.30. The van der Waals surface area contributed by atoms with Crippen molar-refractivity contribution >= 4 is 34.2 Å². The maximum atomic E-state index is 12.4. The largest absolute Gasteiger partial charge is 0.478 e. The van der Waals surface area contributed by atoms with Gasteiger partial charge in [-0.25, -0.2) is 9.78 Å². The molecule has 3 aromatic rings. The van der Waals surface area contributed by atoms with Gasteiger partial charge in [0, 0.05) is 11.5 Å². The second-order valence-corrected chi connectivity index (χ2v) is 9.07. The van der Waals surface area contributed by atoms with Crippen LogP contribution in [0.2, 0.25) is 0 Å². The van der Waals surface area contributed by atoms with Crippen molar-refractivity contribution in [2.45, 2.75) is 40.0 Å². The number of allylic oxidation sites excluding steroid dienone is 1. The van der Waals surface area contributed by atoms with Crippen molar-refractivity contribution in [1.29, 1.82) is 0 Å². The number of nitrogens with zero attached hydrogens (tertiary/aromatic N) is 2. The molecule has 6 heteroatoms. The maximum Gasteiger partial charge on any atom is 0.336 e. The lowest BCUT2D eigenvalue weighted by Gasteiger charge is -2.38. The first-order chi connectivity index (χ1) is 15.2. The molecule has 32 heavy (non-hydrogen) atoms. The summed E-state index contributed by atoms with van der Waals surface area (Å²) >= 11 is 0.